The van der Waals surface area contributed by atoms with Crippen LogP contribution in [0.5, 0.6) is 0 Å². The molecule has 2 saturated heterocycles. The molecule has 2 heterocycles. The molecule has 2 aliphatic carbocycles. The van der Waals surface area contributed by atoms with Gasteiger partial charge < -0.3 is 9.47 Å². The molecule has 2 heteroatoms. The second-order valence-corrected chi connectivity index (χ2v) is 5.17. The van der Waals surface area contributed by atoms with Gasteiger partial charge in [-0.25, -0.2) is 0 Å². The smallest absolute Gasteiger partial charge is 0.0872 e. The van der Waals surface area contributed by atoms with Crippen LogP contribution in [-0.4, -0.2) is 24.4 Å². The van der Waals surface area contributed by atoms with Crippen molar-refractivity contribution in [3.8, 4) is 0 Å². The highest BCUT2D eigenvalue weighted by atomic mass is 16.6. The van der Waals surface area contributed by atoms with Crippen LogP contribution >= 0.6 is 0 Å². The number of fused-ring (bicyclic) bond motifs is 2. The lowest BCUT2D eigenvalue weighted by molar-refractivity contribution is 0.182. The van der Waals surface area contributed by atoms with Crippen LogP contribution in [0.2, 0.25) is 0 Å². The fourth-order valence-corrected chi connectivity index (χ4v) is 3.61. The molecular formula is C11H16O2. The van der Waals surface area contributed by atoms with Gasteiger partial charge in [-0.2, -0.15) is 0 Å². The lowest BCUT2D eigenvalue weighted by Crippen LogP contribution is -2.23. The lowest BCUT2D eigenvalue weighted by Gasteiger charge is -2.25. The van der Waals surface area contributed by atoms with E-state index in [4.69, 9.17) is 9.47 Å². The summed E-state index contributed by atoms with van der Waals surface area (Å²) in [7, 11) is 0. The Morgan fingerprint density at radius 3 is 2.38 bits per heavy atom. The third-order valence-corrected chi connectivity index (χ3v) is 4.48. The van der Waals surface area contributed by atoms with E-state index in [0.717, 1.165) is 11.8 Å². The fraction of sp³-hybridized carbons (Fsp3) is 1.00. The summed E-state index contributed by atoms with van der Waals surface area (Å²) in [5.41, 5.74) is 0. The molecule has 4 aliphatic rings. The first-order valence-electron chi connectivity index (χ1n) is 5.73. The van der Waals surface area contributed by atoms with Crippen molar-refractivity contribution in [1.29, 1.82) is 0 Å². The molecule has 0 aromatic rings. The van der Waals surface area contributed by atoms with Crippen LogP contribution in [0, 0.1) is 11.8 Å². The average molecular weight is 180 g/mol. The molecule has 6 atom stereocenters. The van der Waals surface area contributed by atoms with Crippen LogP contribution < -0.4 is 0 Å². The Morgan fingerprint density at radius 2 is 1.69 bits per heavy atom. The summed E-state index contributed by atoms with van der Waals surface area (Å²) >= 11 is 0. The molecule has 4 fully saturated rings. The van der Waals surface area contributed by atoms with Crippen molar-refractivity contribution in [2.45, 2.75) is 56.5 Å². The summed E-state index contributed by atoms with van der Waals surface area (Å²) in [5.74, 6) is 1.83. The zero-order chi connectivity index (χ0) is 8.41. The molecule has 72 valence electrons. The molecule has 4 rings (SSSR count). The van der Waals surface area contributed by atoms with E-state index in [1.165, 1.54) is 32.1 Å². The molecule has 6 unspecified atom stereocenters. The maximum Gasteiger partial charge on any atom is 0.0872 e. The van der Waals surface area contributed by atoms with Gasteiger partial charge in [0.05, 0.1) is 24.4 Å². The molecule has 2 nitrogen and oxygen atoms in total. The summed E-state index contributed by atoms with van der Waals surface area (Å²) in [5, 5.41) is 0. The monoisotopic (exact) mass is 180 g/mol. The van der Waals surface area contributed by atoms with E-state index in [-0.39, 0.29) is 0 Å². The first kappa shape index (κ1) is 7.24. The third-order valence-electron chi connectivity index (χ3n) is 4.48. The first-order valence-corrected chi connectivity index (χ1v) is 5.73. The summed E-state index contributed by atoms with van der Waals surface area (Å²) < 4.78 is 11.2. The van der Waals surface area contributed by atoms with Gasteiger partial charge in [0.25, 0.3) is 0 Å². The third kappa shape index (κ3) is 1.02. The average Bonchev–Trinajstić information content (AvgIpc) is 3.04. The summed E-state index contributed by atoms with van der Waals surface area (Å²) in [4.78, 5) is 0. The molecule has 0 amide bonds. The second kappa shape index (κ2) is 2.29. The van der Waals surface area contributed by atoms with Crippen molar-refractivity contribution in [1.82, 2.24) is 0 Å². The maximum atomic E-state index is 5.63. The van der Waals surface area contributed by atoms with Gasteiger partial charge in [0.15, 0.2) is 0 Å². The van der Waals surface area contributed by atoms with Crippen LogP contribution in [-0.2, 0) is 9.47 Å². The number of hydrogen-bond donors (Lipinski definition) is 0. The van der Waals surface area contributed by atoms with E-state index in [0.29, 0.717) is 24.4 Å². The highest BCUT2D eigenvalue weighted by molar-refractivity contribution is 5.03. The molecule has 2 aliphatic heterocycles. The van der Waals surface area contributed by atoms with Crippen molar-refractivity contribution >= 4 is 0 Å². The molecule has 0 N–H and O–H groups in total. The minimum absolute atomic E-state index is 0.650. The van der Waals surface area contributed by atoms with E-state index in [1.54, 1.807) is 0 Å². The molecule has 0 aromatic heterocycles. The number of rotatable bonds is 1. The Hall–Kier alpha value is -0.0800. The van der Waals surface area contributed by atoms with Gasteiger partial charge in [-0.1, -0.05) is 0 Å². The van der Waals surface area contributed by atoms with Gasteiger partial charge in [-0.3, -0.25) is 0 Å². The highest BCUT2D eigenvalue weighted by Gasteiger charge is 2.55. The van der Waals surface area contributed by atoms with Gasteiger partial charge >= 0.3 is 0 Å². The summed E-state index contributed by atoms with van der Waals surface area (Å²) in [6, 6.07) is 0. The number of epoxide rings is 2. The number of hydrogen-bond acceptors (Lipinski definition) is 2. The van der Waals surface area contributed by atoms with Crippen LogP contribution in [0.3, 0.4) is 0 Å². The molecule has 0 aromatic carbocycles. The first-order chi connectivity index (χ1) is 6.42. The van der Waals surface area contributed by atoms with Gasteiger partial charge in [0.1, 0.15) is 0 Å². The Balaban J connectivity index is 1.48. The fourth-order valence-electron chi connectivity index (χ4n) is 3.61. The SMILES string of the molecule is C1CC2OC2CC1C1CCC2OC21. The predicted octanol–water partition coefficient (Wildman–Crippen LogP) is 1.73. The Bertz CT molecular complexity index is 240. The Kier molecular flexibility index (Phi) is 1.28. The van der Waals surface area contributed by atoms with Gasteiger partial charge in [-0.05, 0) is 43.9 Å². The van der Waals surface area contributed by atoms with E-state index in [2.05, 4.69) is 0 Å². The van der Waals surface area contributed by atoms with Crippen molar-refractivity contribution in [2.75, 3.05) is 0 Å². The molecule has 13 heavy (non-hydrogen) atoms. The van der Waals surface area contributed by atoms with Crippen molar-refractivity contribution in [3.05, 3.63) is 0 Å². The van der Waals surface area contributed by atoms with E-state index in [1.807, 2.05) is 0 Å². The minimum atomic E-state index is 0.650. The zero-order valence-electron chi connectivity index (χ0n) is 7.82. The van der Waals surface area contributed by atoms with E-state index in [9.17, 15) is 0 Å². The standard InChI is InChI=1S/C11H16O2/c1-3-8-10(12-8)5-6(1)7-2-4-9-11(7)13-9/h6-11H,1-5H2. The molecule has 0 bridgehead atoms. The molecule has 0 spiro atoms. The van der Waals surface area contributed by atoms with Crippen molar-refractivity contribution in [2.24, 2.45) is 11.8 Å². The quantitative estimate of drug-likeness (QED) is 0.574. The van der Waals surface area contributed by atoms with Crippen LogP contribution in [0.4, 0.5) is 0 Å². The highest BCUT2D eigenvalue weighted by Crippen LogP contribution is 2.52. The second-order valence-electron chi connectivity index (χ2n) is 5.17. The zero-order valence-corrected chi connectivity index (χ0v) is 7.82. The summed E-state index contributed by atoms with van der Waals surface area (Å²) in [6.45, 7) is 0. The maximum absolute atomic E-state index is 5.63. The Labute approximate surface area is 78.6 Å². The normalized spacial score (nSPS) is 62.8. The van der Waals surface area contributed by atoms with Crippen LogP contribution in [0.25, 0.3) is 0 Å². The van der Waals surface area contributed by atoms with Gasteiger partial charge in [0.2, 0.25) is 0 Å². The number of ether oxygens (including phenoxy) is 2. The Morgan fingerprint density at radius 1 is 0.769 bits per heavy atom. The molecule has 2 saturated carbocycles. The van der Waals surface area contributed by atoms with Crippen LogP contribution in [0.15, 0.2) is 0 Å². The lowest BCUT2D eigenvalue weighted by atomic mass is 9.79. The molecular weight excluding hydrogens is 164 g/mol. The topological polar surface area (TPSA) is 25.1 Å². The van der Waals surface area contributed by atoms with Gasteiger partial charge in [-0.15, -0.1) is 0 Å². The van der Waals surface area contributed by atoms with Crippen molar-refractivity contribution < 1.29 is 9.47 Å². The predicted molar refractivity (Wildman–Crippen MR) is 47.4 cm³/mol. The largest absolute Gasteiger partial charge is 0.370 e. The van der Waals surface area contributed by atoms with Crippen molar-refractivity contribution in [3.63, 3.8) is 0 Å². The van der Waals surface area contributed by atoms with Gasteiger partial charge in [0, 0.05) is 0 Å². The van der Waals surface area contributed by atoms with E-state index < -0.39 is 0 Å². The minimum Gasteiger partial charge on any atom is -0.370 e. The van der Waals surface area contributed by atoms with E-state index >= 15 is 0 Å². The molecule has 0 radical (unpaired) electrons. The summed E-state index contributed by atoms with van der Waals surface area (Å²) in [6.07, 6.45) is 9.47. The van der Waals surface area contributed by atoms with Crippen LogP contribution in [0.1, 0.15) is 32.1 Å².